The number of rotatable bonds is 4. The third-order valence-corrected chi connectivity index (χ3v) is 9.73. The van der Waals surface area contributed by atoms with Gasteiger partial charge in [0.2, 0.25) is 0 Å². The third kappa shape index (κ3) is 3.63. The first kappa shape index (κ1) is 21.9. The number of fused-ring (bicyclic) bond motifs is 5. The lowest BCUT2D eigenvalue weighted by Gasteiger charge is -2.60. The van der Waals surface area contributed by atoms with Crippen molar-refractivity contribution in [2.45, 2.75) is 90.8 Å². The van der Waals surface area contributed by atoms with Gasteiger partial charge in [0.15, 0.2) is 0 Å². The lowest BCUT2D eigenvalue weighted by Crippen LogP contribution is -2.54. The predicted octanol–water partition coefficient (Wildman–Crippen LogP) is 4.21. The van der Waals surface area contributed by atoms with Crippen LogP contribution in [0.15, 0.2) is 0 Å². The topological polar surface area (TPSA) is 95.9 Å². The predicted molar refractivity (Wildman–Crippen MR) is 113 cm³/mol. The van der Waals surface area contributed by atoms with E-state index in [1.54, 1.807) is 6.92 Å². The van der Waals surface area contributed by atoms with E-state index in [2.05, 4.69) is 19.2 Å². The highest BCUT2D eigenvalue weighted by atomic mass is 16.6. The summed E-state index contributed by atoms with van der Waals surface area (Å²) >= 11 is 0. The van der Waals surface area contributed by atoms with Gasteiger partial charge in [0.1, 0.15) is 6.10 Å². The Labute approximate surface area is 180 Å². The summed E-state index contributed by atoms with van der Waals surface area (Å²) in [7, 11) is 0. The highest BCUT2D eigenvalue weighted by molar-refractivity contribution is 5.71. The van der Waals surface area contributed by atoms with Crippen molar-refractivity contribution in [2.24, 2.45) is 40.4 Å². The smallest absolute Gasteiger partial charge is 0.407 e. The number of carbonyl (C=O) groups is 2. The standard InChI is InChI=1S/C24H39NO5/c1-14(26)13-25-22(29)30-16-8-10-23(2)15(12-16)4-5-17-18-6-7-20(21(27)28)24(18,3)11-9-19(17)23/h14-20,26H,4-13H2,1-3H3,(H,25,29)(H,27,28)/t14?,15?,16?,17-,18-,19-,20?,23-,24-/m0/s1. The zero-order chi connectivity index (χ0) is 21.7. The summed E-state index contributed by atoms with van der Waals surface area (Å²) < 4.78 is 5.67. The number of alkyl carbamates (subject to hydrolysis) is 1. The number of hydrogen-bond donors (Lipinski definition) is 3. The lowest BCUT2D eigenvalue weighted by molar-refractivity contribution is -0.154. The normalized spacial score (nSPS) is 46.1. The number of aliphatic carboxylic acids is 1. The first-order valence-electron chi connectivity index (χ1n) is 12.0. The van der Waals surface area contributed by atoms with E-state index in [1.165, 1.54) is 6.42 Å². The first-order valence-corrected chi connectivity index (χ1v) is 12.0. The van der Waals surface area contributed by atoms with Crippen molar-refractivity contribution in [1.82, 2.24) is 5.32 Å². The second kappa shape index (κ2) is 7.99. The minimum Gasteiger partial charge on any atom is -0.481 e. The average Bonchev–Trinajstić information content (AvgIpc) is 3.04. The molecule has 0 heterocycles. The third-order valence-electron chi connectivity index (χ3n) is 9.73. The summed E-state index contributed by atoms with van der Waals surface area (Å²) in [6, 6.07) is 0. The van der Waals surface area contributed by atoms with Crippen LogP contribution < -0.4 is 5.32 Å². The Kier molecular flexibility index (Phi) is 5.84. The van der Waals surface area contributed by atoms with Crippen LogP contribution in [0.25, 0.3) is 0 Å². The highest BCUT2D eigenvalue weighted by Crippen LogP contribution is 2.67. The molecule has 4 saturated carbocycles. The van der Waals surface area contributed by atoms with Crippen LogP contribution in [0.5, 0.6) is 0 Å². The Balaban J connectivity index is 1.41. The van der Waals surface area contributed by atoms with Crippen molar-refractivity contribution >= 4 is 12.1 Å². The first-order chi connectivity index (χ1) is 14.1. The van der Waals surface area contributed by atoms with Gasteiger partial charge in [-0.25, -0.2) is 4.79 Å². The summed E-state index contributed by atoms with van der Waals surface area (Å²) in [6.45, 7) is 6.58. The van der Waals surface area contributed by atoms with E-state index in [0.29, 0.717) is 23.7 Å². The number of nitrogens with one attached hydrogen (secondary N) is 1. The molecule has 9 atom stereocenters. The van der Waals surface area contributed by atoms with Gasteiger partial charge in [0, 0.05) is 6.54 Å². The molecule has 0 aromatic carbocycles. The molecule has 0 radical (unpaired) electrons. The molecule has 4 rings (SSSR count). The average molecular weight is 422 g/mol. The second-order valence-corrected chi connectivity index (χ2v) is 11.2. The van der Waals surface area contributed by atoms with Crippen molar-refractivity contribution in [3.8, 4) is 0 Å². The molecule has 0 saturated heterocycles. The number of aliphatic hydroxyl groups is 1. The van der Waals surface area contributed by atoms with Crippen molar-refractivity contribution in [3.63, 3.8) is 0 Å². The van der Waals surface area contributed by atoms with Crippen molar-refractivity contribution in [1.29, 1.82) is 0 Å². The number of carboxylic acids is 1. The van der Waals surface area contributed by atoms with Crippen LogP contribution in [-0.4, -0.2) is 41.0 Å². The zero-order valence-electron chi connectivity index (χ0n) is 18.7. The van der Waals surface area contributed by atoms with Crippen molar-refractivity contribution in [2.75, 3.05) is 6.54 Å². The van der Waals surface area contributed by atoms with E-state index in [0.717, 1.165) is 51.4 Å². The minimum absolute atomic E-state index is 0.0293. The molecule has 4 aliphatic rings. The summed E-state index contributed by atoms with van der Waals surface area (Å²) in [4.78, 5) is 23.9. The summed E-state index contributed by atoms with van der Waals surface area (Å²) in [5, 5.41) is 21.7. The number of aliphatic hydroxyl groups excluding tert-OH is 1. The van der Waals surface area contributed by atoms with E-state index < -0.39 is 18.2 Å². The monoisotopic (exact) mass is 421 g/mol. The molecular weight excluding hydrogens is 382 g/mol. The highest BCUT2D eigenvalue weighted by Gasteiger charge is 2.61. The molecule has 1 amide bonds. The minimum atomic E-state index is -0.593. The fourth-order valence-corrected chi connectivity index (χ4v) is 8.16. The Morgan fingerprint density at radius 2 is 1.73 bits per heavy atom. The van der Waals surface area contributed by atoms with Gasteiger partial charge in [-0.2, -0.15) is 0 Å². The van der Waals surface area contributed by atoms with Gasteiger partial charge < -0.3 is 20.3 Å². The molecule has 0 aromatic heterocycles. The maximum Gasteiger partial charge on any atom is 0.407 e. The molecule has 0 spiro atoms. The largest absolute Gasteiger partial charge is 0.481 e. The number of carbonyl (C=O) groups excluding carboxylic acids is 1. The maximum atomic E-state index is 12.0. The second-order valence-electron chi connectivity index (χ2n) is 11.2. The van der Waals surface area contributed by atoms with E-state index in [4.69, 9.17) is 4.74 Å². The lowest BCUT2D eigenvalue weighted by atomic mass is 9.44. The maximum absolute atomic E-state index is 12.0. The number of carboxylic acid groups (broad SMARTS) is 1. The van der Waals surface area contributed by atoms with Crippen LogP contribution in [0, 0.1) is 40.4 Å². The summed E-state index contributed by atoms with van der Waals surface area (Å²) in [5.74, 6) is 1.69. The summed E-state index contributed by atoms with van der Waals surface area (Å²) in [5.41, 5.74) is 0.250. The number of ether oxygens (including phenoxy) is 1. The van der Waals surface area contributed by atoms with Crippen molar-refractivity contribution < 1.29 is 24.5 Å². The Morgan fingerprint density at radius 3 is 2.43 bits per heavy atom. The van der Waals surface area contributed by atoms with Gasteiger partial charge in [-0.3, -0.25) is 4.79 Å². The van der Waals surface area contributed by atoms with Crippen molar-refractivity contribution in [3.05, 3.63) is 0 Å². The van der Waals surface area contributed by atoms with Gasteiger partial charge >= 0.3 is 12.1 Å². The van der Waals surface area contributed by atoms with Crippen LogP contribution >= 0.6 is 0 Å². The quantitative estimate of drug-likeness (QED) is 0.632. The molecule has 3 N–H and O–H groups in total. The van der Waals surface area contributed by atoms with Crippen LogP contribution in [0.4, 0.5) is 4.79 Å². The van der Waals surface area contributed by atoms with E-state index in [-0.39, 0.29) is 29.4 Å². The Bertz CT molecular complexity index is 681. The van der Waals surface area contributed by atoms with Crippen LogP contribution in [0.1, 0.15) is 78.6 Å². The molecule has 6 nitrogen and oxygen atoms in total. The number of hydrogen-bond acceptors (Lipinski definition) is 4. The van der Waals surface area contributed by atoms with Gasteiger partial charge in [-0.15, -0.1) is 0 Å². The van der Waals surface area contributed by atoms with Gasteiger partial charge in [-0.1, -0.05) is 13.8 Å². The molecule has 170 valence electrons. The molecule has 4 fully saturated rings. The molecule has 6 heteroatoms. The molecule has 30 heavy (non-hydrogen) atoms. The molecule has 4 unspecified atom stereocenters. The van der Waals surface area contributed by atoms with E-state index in [9.17, 15) is 19.8 Å². The van der Waals surface area contributed by atoms with Gasteiger partial charge in [0.25, 0.3) is 0 Å². The molecular formula is C24H39NO5. The van der Waals surface area contributed by atoms with E-state index in [1.807, 2.05) is 0 Å². The Morgan fingerprint density at radius 1 is 1.03 bits per heavy atom. The number of amides is 1. The molecule has 4 aliphatic carbocycles. The van der Waals surface area contributed by atoms with Gasteiger partial charge in [0.05, 0.1) is 12.0 Å². The SMILES string of the molecule is CC(O)CNC(=O)OC1CC[C@@]2(C)C(CC[C@@H]3[C@@H]2CC[C@]2(C)C(C(=O)O)CC[C@@H]32)C1. The van der Waals surface area contributed by atoms with Crippen LogP contribution in [0.3, 0.4) is 0 Å². The Hall–Kier alpha value is -1.30. The molecule has 0 aliphatic heterocycles. The molecule has 0 aromatic rings. The zero-order valence-corrected chi connectivity index (χ0v) is 18.7. The van der Waals surface area contributed by atoms with Gasteiger partial charge in [-0.05, 0) is 99.2 Å². The van der Waals surface area contributed by atoms with E-state index >= 15 is 0 Å². The fraction of sp³-hybridized carbons (Fsp3) is 0.917. The summed E-state index contributed by atoms with van der Waals surface area (Å²) in [6.07, 6.45) is 8.35. The molecule has 0 bridgehead atoms. The fourth-order valence-electron chi connectivity index (χ4n) is 8.16. The van der Waals surface area contributed by atoms with Crippen LogP contribution in [0.2, 0.25) is 0 Å². The van der Waals surface area contributed by atoms with Crippen LogP contribution in [-0.2, 0) is 9.53 Å².